The standard InChI is InChI=1S/C51H31N3O2/c1-3-13-33-26-35(22-20-30(33)10-1)42-28-37(29-45-46(42)39-16-7-8-18-43(39)55-45)50-52-49(36-23-21-31-11-2-4-14-34(31)27-36)53-51(54-50)41-17-9-19-44-47(41)40-25-24-32-12-5-6-15-38(32)48(40)56-44/h1-29,49H,(H,52,53,54). The molecule has 0 amide bonds. The van der Waals surface area contributed by atoms with E-state index in [0.717, 1.165) is 93.7 Å². The quantitative estimate of drug-likeness (QED) is 0.197. The third-order valence-corrected chi connectivity index (χ3v) is 11.3. The second-order valence-corrected chi connectivity index (χ2v) is 14.6. The van der Waals surface area contributed by atoms with Gasteiger partial charge in [0, 0.05) is 38.1 Å². The van der Waals surface area contributed by atoms with Crippen LogP contribution in [0.1, 0.15) is 22.9 Å². The highest BCUT2D eigenvalue weighted by atomic mass is 16.3. The molecule has 1 N–H and O–H groups in total. The first kappa shape index (κ1) is 30.9. The molecule has 9 aromatic carbocycles. The molecule has 262 valence electrons. The Morgan fingerprint density at radius 3 is 1.96 bits per heavy atom. The Morgan fingerprint density at radius 2 is 1.11 bits per heavy atom. The summed E-state index contributed by atoms with van der Waals surface area (Å²) in [5, 5.41) is 14.9. The number of para-hydroxylation sites is 1. The molecule has 5 heteroatoms. The summed E-state index contributed by atoms with van der Waals surface area (Å²) in [6.07, 6.45) is -0.410. The molecule has 1 aliphatic heterocycles. The molecular weight excluding hydrogens is 687 g/mol. The molecule has 1 unspecified atom stereocenters. The molecule has 0 saturated heterocycles. The van der Waals surface area contributed by atoms with Crippen LogP contribution in [0.4, 0.5) is 0 Å². The summed E-state index contributed by atoms with van der Waals surface area (Å²) in [6.45, 7) is 0. The van der Waals surface area contributed by atoms with Crippen LogP contribution in [0.25, 0.3) is 87.3 Å². The van der Waals surface area contributed by atoms with Gasteiger partial charge in [-0.05, 0) is 86.1 Å². The Hall–Kier alpha value is -7.50. The fourth-order valence-electron chi connectivity index (χ4n) is 8.58. The lowest BCUT2D eigenvalue weighted by Crippen LogP contribution is -2.33. The Kier molecular flexibility index (Phi) is 6.63. The number of benzene rings is 9. The van der Waals surface area contributed by atoms with E-state index in [9.17, 15) is 0 Å². The fraction of sp³-hybridized carbons (Fsp3) is 0.0196. The molecule has 0 radical (unpaired) electrons. The van der Waals surface area contributed by atoms with Crippen LogP contribution in [0.2, 0.25) is 0 Å². The monoisotopic (exact) mass is 717 g/mol. The molecule has 2 aromatic heterocycles. The van der Waals surface area contributed by atoms with Gasteiger partial charge in [0.25, 0.3) is 0 Å². The summed E-state index contributed by atoms with van der Waals surface area (Å²) in [5.74, 6) is 1.35. The lowest BCUT2D eigenvalue weighted by atomic mass is 9.94. The highest BCUT2D eigenvalue weighted by Gasteiger charge is 2.26. The van der Waals surface area contributed by atoms with Crippen molar-refractivity contribution in [3.8, 4) is 11.1 Å². The average molecular weight is 718 g/mol. The number of nitrogens with zero attached hydrogens (tertiary/aromatic N) is 2. The van der Waals surface area contributed by atoms with Gasteiger partial charge in [-0.15, -0.1) is 0 Å². The first-order valence-electron chi connectivity index (χ1n) is 18.9. The minimum atomic E-state index is -0.410. The zero-order chi connectivity index (χ0) is 36.7. The van der Waals surface area contributed by atoms with Gasteiger partial charge in [-0.2, -0.15) is 0 Å². The van der Waals surface area contributed by atoms with Crippen LogP contribution in [-0.4, -0.2) is 11.7 Å². The van der Waals surface area contributed by atoms with Gasteiger partial charge in [-0.1, -0.05) is 133 Å². The van der Waals surface area contributed by atoms with Crippen LogP contribution < -0.4 is 5.32 Å². The molecule has 1 atom stereocenters. The smallest absolute Gasteiger partial charge is 0.159 e. The highest BCUT2D eigenvalue weighted by Crippen LogP contribution is 2.40. The Morgan fingerprint density at radius 1 is 0.429 bits per heavy atom. The van der Waals surface area contributed by atoms with E-state index in [1.165, 1.54) is 16.2 Å². The minimum Gasteiger partial charge on any atom is -0.456 e. The number of aliphatic imine (C=N–C) groups is 2. The van der Waals surface area contributed by atoms with Crippen LogP contribution in [-0.2, 0) is 0 Å². The minimum absolute atomic E-state index is 0.410. The number of amidine groups is 2. The molecule has 0 saturated carbocycles. The first-order chi connectivity index (χ1) is 27.7. The fourth-order valence-corrected chi connectivity index (χ4v) is 8.58. The van der Waals surface area contributed by atoms with E-state index in [0.29, 0.717) is 5.84 Å². The molecule has 1 aliphatic rings. The van der Waals surface area contributed by atoms with Crippen molar-refractivity contribution < 1.29 is 8.83 Å². The van der Waals surface area contributed by atoms with Crippen molar-refractivity contribution in [1.29, 1.82) is 0 Å². The van der Waals surface area contributed by atoms with Gasteiger partial charge >= 0.3 is 0 Å². The van der Waals surface area contributed by atoms with E-state index in [4.69, 9.17) is 18.8 Å². The summed E-state index contributed by atoms with van der Waals surface area (Å²) in [6, 6.07) is 61.6. The second kappa shape index (κ2) is 12.0. The first-order valence-corrected chi connectivity index (χ1v) is 18.9. The lowest BCUT2D eigenvalue weighted by Gasteiger charge is -2.24. The molecule has 0 spiro atoms. The molecule has 12 rings (SSSR count). The molecule has 0 fully saturated rings. The van der Waals surface area contributed by atoms with E-state index < -0.39 is 6.17 Å². The average Bonchev–Trinajstić information content (AvgIpc) is 3.84. The van der Waals surface area contributed by atoms with Gasteiger partial charge < -0.3 is 14.2 Å². The maximum Gasteiger partial charge on any atom is 0.159 e. The number of hydrogen-bond acceptors (Lipinski definition) is 5. The van der Waals surface area contributed by atoms with E-state index in [-0.39, 0.29) is 0 Å². The second-order valence-electron chi connectivity index (χ2n) is 14.6. The number of nitrogens with one attached hydrogen (secondary N) is 1. The Balaban J connectivity index is 1.10. The van der Waals surface area contributed by atoms with Crippen molar-refractivity contribution in [1.82, 2.24) is 5.32 Å². The van der Waals surface area contributed by atoms with Crippen molar-refractivity contribution in [2.24, 2.45) is 9.98 Å². The summed E-state index contributed by atoms with van der Waals surface area (Å²) in [7, 11) is 0. The van der Waals surface area contributed by atoms with Crippen molar-refractivity contribution in [2.75, 3.05) is 0 Å². The van der Waals surface area contributed by atoms with Gasteiger partial charge in [0.1, 0.15) is 34.3 Å². The van der Waals surface area contributed by atoms with Crippen LogP contribution >= 0.6 is 0 Å². The molecule has 0 aliphatic carbocycles. The van der Waals surface area contributed by atoms with Gasteiger partial charge in [0.05, 0.1) is 0 Å². The summed E-state index contributed by atoms with van der Waals surface area (Å²) in [4.78, 5) is 10.8. The van der Waals surface area contributed by atoms with Crippen molar-refractivity contribution in [2.45, 2.75) is 6.17 Å². The SMILES string of the molecule is c1ccc2cc(-c3cc(C4=NC(c5ccc6ccccc6c5)NC(c5cccc6oc7c8ccccc8ccc7c56)=N4)cc4oc5ccccc5c34)ccc2c1. The number of fused-ring (bicyclic) bond motifs is 10. The van der Waals surface area contributed by atoms with Gasteiger partial charge in [-0.3, -0.25) is 0 Å². The van der Waals surface area contributed by atoms with Crippen molar-refractivity contribution in [3.05, 3.63) is 193 Å². The van der Waals surface area contributed by atoms with Gasteiger partial charge in [-0.25, -0.2) is 9.98 Å². The zero-order valence-electron chi connectivity index (χ0n) is 30.0. The normalized spacial score (nSPS) is 14.6. The largest absolute Gasteiger partial charge is 0.456 e. The molecule has 11 aromatic rings. The molecule has 0 bridgehead atoms. The summed E-state index contributed by atoms with van der Waals surface area (Å²) in [5.41, 5.74) is 8.37. The topological polar surface area (TPSA) is 63.0 Å². The lowest BCUT2D eigenvalue weighted by molar-refractivity contribution is 0.667. The summed E-state index contributed by atoms with van der Waals surface area (Å²) >= 11 is 0. The number of hydrogen-bond donors (Lipinski definition) is 1. The van der Waals surface area contributed by atoms with Crippen LogP contribution in [0.3, 0.4) is 0 Å². The molecule has 56 heavy (non-hydrogen) atoms. The van der Waals surface area contributed by atoms with Crippen LogP contribution in [0.15, 0.2) is 195 Å². The third kappa shape index (κ3) is 4.81. The van der Waals surface area contributed by atoms with Crippen molar-refractivity contribution in [3.63, 3.8) is 0 Å². The maximum absolute atomic E-state index is 6.62. The van der Waals surface area contributed by atoms with Crippen LogP contribution in [0.5, 0.6) is 0 Å². The van der Waals surface area contributed by atoms with Gasteiger partial charge in [0.15, 0.2) is 5.84 Å². The number of furan rings is 2. The van der Waals surface area contributed by atoms with E-state index >= 15 is 0 Å². The van der Waals surface area contributed by atoms with E-state index in [1.54, 1.807) is 0 Å². The van der Waals surface area contributed by atoms with E-state index in [2.05, 4.69) is 157 Å². The van der Waals surface area contributed by atoms with Crippen LogP contribution in [0, 0.1) is 0 Å². The predicted molar refractivity (Wildman–Crippen MR) is 231 cm³/mol. The molecule has 5 nitrogen and oxygen atoms in total. The Bertz CT molecular complexity index is 3480. The third-order valence-electron chi connectivity index (χ3n) is 11.3. The van der Waals surface area contributed by atoms with Gasteiger partial charge in [0.2, 0.25) is 0 Å². The highest BCUT2D eigenvalue weighted by molar-refractivity contribution is 6.25. The maximum atomic E-state index is 6.62. The molecular formula is C51H31N3O2. The summed E-state index contributed by atoms with van der Waals surface area (Å²) < 4.78 is 13.2. The zero-order valence-corrected chi connectivity index (χ0v) is 30.0. The Labute approximate surface area is 320 Å². The van der Waals surface area contributed by atoms with Crippen molar-refractivity contribution >= 4 is 87.9 Å². The predicted octanol–water partition coefficient (Wildman–Crippen LogP) is 13.1. The molecule has 3 heterocycles. The van der Waals surface area contributed by atoms with E-state index in [1.807, 2.05) is 24.3 Å². The number of rotatable bonds is 4.